The van der Waals surface area contributed by atoms with Gasteiger partial charge in [0, 0.05) is 0 Å². The van der Waals surface area contributed by atoms with Crippen molar-refractivity contribution < 1.29 is 29.0 Å². The van der Waals surface area contributed by atoms with Crippen LogP contribution in [0.25, 0.3) is 0 Å². The number of esters is 2. The Morgan fingerprint density at radius 3 is 2.46 bits per heavy atom. The van der Waals surface area contributed by atoms with E-state index in [1.165, 1.54) is 12.8 Å². The van der Waals surface area contributed by atoms with Crippen molar-refractivity contribution in [3.63, 3.8) is 0 Å². The number of ether oxygens (including phenoxy) is 2. The van der Waals surface area contributed by atoms with Gasteiger partial charge in [-0.1, -0.05) is 54.6 Å². The lowest BCUT2D eigenvalue weighted by Gasteiger charge is -2.14. The first kappa shape index (κ1) is 20.8. The number of rotatable bonds is 7. The van der Waals surface area contributed by atoms with E-state index in [0.29, 0.717) is 12.3 Å². The predicted molar refractivity (Wildman–Crippen MR) is 96.1 cm³/mol. The third-order valence-electron chi connectivity index (χ3n) is 3.98. The molecule has 1 aromatic carbocycles. The second kappa shape index (κ2) is 8.93. The third kappa shape index (κ3) is 5.50. The van der Waals surface area contributed by atoms with Crippen molar-refractivity contribution in [3.05, 3.63) is 26.7 Å². The Hall–Kier alpha value is -1.50. The van der Waals surface area contributed by atoms with E-state index in [4.69, 9.17) is 44.6 Å². The van der Waals surface area contributed by atoms with Gasteiger partial charge in [0.1, 0.15) is 5.56 Å². The van der Waals surface area contributed by atoms with Gasteiger partial charge >= 0.3 is 17.9 Å². The summed E-state index contributed by atoms with van der Waals surface area (Å²) in [6.07, 6.45) is 4.25. The first-order valence-electron chi connectivity index (χ1n) is 8.00. The molecule has 1 aliphatic rings. The largest absolute Gasteiger partial charge is 0.473 e. The van der Waals surface area contributed by atoms with Gasteiger partial charge in [-0.25, -0.2) is 14.4 Å². The number of aliphatic carboxylic acids is 1. The molecular weight excluding hydrogens is 407 g/mol. The Bertz CT molecular complexity index is 730. The highest BCUT2D eigenvalue weighted by Gasteiger charge is 2.28. The monoisotopic (exact) mass is 422 g/mol. The number of carbonyl (C=O) groups is 3. The van der Waals surface area contributed by atoms with E-state index in [1.807, 2.05) is 0 Å². The van der Waals surface area contributed by atoms with Gasteiger partial charge in [0.15, 0.2) is 5.75 Å². The summed E-state index contributed by atoms with van der Waals surface area (Å²) in [6.45, 7) is 2.22. The molecule has 0 bridgehead atoms. The van der Waals surface area contributed by atoms with Crippen LogP contribution in [0.3, 0.4) is 0 Å². The van der Waals surface area contributed by atoms with Crippen molar-refractivity contribution in [2.45, 2.75) is 32.6 Å². The first-order chi connectivity index (χ1) is 12.2. The molecule has 0 aliphatic heterocycles. The van der Waals surface area contributed by atoms with Crippen molar-refractivity contribution >= 4 is 52.7 Å². The SMILES string of the molecule is CC(CCOC(=O)c1c(Cl)c(Cl)cc(Cl)c1OC(=O)C(=O)O)CC1CC1. The highest BCUT2D eigenvalue weighted by Crippen LogP contribution is 2.40. The van der Waals surface area contributed by atoms with Crippen LogP contribution in [0.15, 0.2) is 6.07 Å². The summed E-state index contributed by atoms with van der Waals surface area (Å²) in [7, 11) is 0. The number of carbonyl (C=O) groups excluding carboxylic acids is 2. The quantitative estimate of drug-likeness (QED) is 0.298. The second-order valence-electron chi connectivity index (χ2n) is 6.26. The van der Waals surface area contributed by atoms with Gasteiger partial charge in [0.2, 0.25) is 0 Å². The number of hydrogen-bond donors (Lipinski definition) is 1. The van der Waals surface area contributed by atoms with E-state index in [-0.39, 0.29) is 27.2 Å². The van der Waals surface area contributed by atoms with Crippen molar-refractivity contribution in [2.75, 3.05) is 6.61 Å². The fraction of sp³-hybridized carbons (Fsp3) is 0.471. The minimum atomic E-state index is -1.85. The molecule has 1 saturated carbocycles. The van der Waals surface area contributed by atoms with Gasteiger partial charge in [-0.3, -0.25) is 0 Å². The maximum atomic E-state index is 12.4. The van der Waals surface area contributed by atoms with Gasteiger partial charge in [0.05, 0.1) is 21.7 Å². The van der Waals surface area contributed by atoms with E-state index in [9.17, 15) is 14.4 Å². The summed E-state index contributed by atoms with van der Waals surface area (Å²) in [5, 5.41) is 8.15. The standard InChI is InChI=1S/C17H17Cl3O6/c1-8(6-9-2-3-9)4-5-25-16(23)12-13(20)10(18)7-11(19)14(12)26-17(24)15(21)22/h7-9H,2-6H2,1H3,(H,21,22). The van der Waals surface area contributed by atoms with E-state index >= 15 is 0 Å². The van der Waals surface area contributed by atoms with Crippen LogP contribution >= 0.6 is 34.8 Å². The lowest BCUT2D eigenvalue weighted by atomic mass is 10.0. The molecule has 26 heavy (non-hydrogen) atoms. The topological polar surface area (TPSA) is 89.9 Å². The van der Waals surface area contributed by atoms with Gasteiger partial charge in [0.25, 0.3) is 0 Å². The lowest BCUT2D eigenvalue weighted by Crippen LogP contribution is -2.21. The molecule has 142 valence electrons. The van der Waals surface area contributed by atoms with Crippen molar-refractivity contribution in [1.82, 2.24) is 0 Å². The van der Waals surface area contributed by atoms with Crippen LogP contribution in [0.4, 0.5) is 0 Å². The Labute approximate surface area is 165 Å². The third-order valence-corrected chi connectivity index (χ3v) is 5.04. The molecule has 0 spiro atoms. The maximum absolute atomic E-state index is 12.4. The van der Waals surface area contributed by atoms with Crippen LogP contribution in [0.5, 0.6) is 5.75 Å². The molecule has 1 aliphatic carbocycles. The van der Waals surface area contributed by atoms with E-state index < -0.39 is 23.7 Å². The zero-order valence-electron chi connectivity index (χ0n) is 13.9. The molecule has 9 heteroatoms. The number of carboxylic acids is 1. The van der Waals surface area contributed by atoms with Crippen LogP contribution < -0.4 is 4.74 Å². The van der Waals surface area contributed by atoms with Crippen LogP contribution in [0, 0.1) is 11.8 Å². The summed E-state index contributed by atoms with van der Waals surface area (Å²) in [5.74, 6) is -3.68. The molecule has 1 atom stereocenters. The normalized spacial score (nSPS) is 14.6. The lowest BCUT2D eigenvalue weighted by molar-refractivity contribution is -0.158. The highest BCUT2D eigenvalue weighted by atomic mass is 35.5. The summed E-state index contributed by atoms with van der Waals surface area (Å²) >= 11 is 17.8. The van der Waals surface area contributed by atoms with Crippen LogP contribution in [0.2, 0.25) is 15.1 Å². The minimum Gasteiger partial charge on any atom is -0.473 e. The summed E-state index contributed by atoms with van der Waals surface area (Å²) in [6, 6.07) is 1.14. The molecule has 1 N–H and O–H groups in total. The van der Waals surface area contributed by atoms with Crippen LogP contribution in [-0.2, 0) is 14.3 Å². The number of benzene rings is 1. The molecule has 0 heterocycles. The molecule has 0 saturated heterocycles. The maximum Gasteiger partial charge on any atom is 0.422 e. The Kier molecular flexibility index (Phi) is 7.15. The van der Waals surface area contributed by atoms with Gasteiger partial charge < -0.3 is 14.6 Å². The fourth-order valence-electron chi connectivity index (χ4n) is 2.46. The summed E-state index contributed by atoms with van der Waals surface area (Å²) < 4.78 is 9.86. The Balaban J connectivity index is 2.12. The number of carboxylic acid groups (broad SMARTS) is 1. The van der Waals surface area contributed by atoms with Crippen molar-refractivity contribution in [3.8, 4) is 5.75 Å². The number of halogens is 3. The summed E-state index contributed by atoms with van der Waals surface area (Å²) in [4.78, 5) is 34.4. The molecule has 2 rings (SSSR count). The second-order valence-corrected chi connectivity index (χ2v) is 7.45. The van der Waals surface area contributed by atoms with Gasteiger partial charge in [-0.15, -0.1) is 0 Å². The minimum absolute atomic E-state index is 0.0548. The smallest absolute Gasteiger partial charge is 0.422 e. The molecular formula is C17H17Cl3O6. The Morgan fingerprint density at radius 1 is 1.23 bits per heavy atom. The molecule has 1 fully saturated rings. The van der Waals surface area contributed by atoms with Crippen molar-refractivity contribution in [2.24, 2.45) is 11.8 Å². The fourth-order valence-corrected chi connectivity index (χ4v) is 3.18. The molecule has 1 aromatic rings. The molecule has 0 aromatic heterocycles. The summed E-state index contributed by atoms with van der Waals surface area (Å²) in [5.41, 5.74) is -0.381. The van der Waals surface area contributed by atoms with Crippen LogP contribution in [0.1, 0.15) is 43.0 Å². The average Bonchev–Trinajstić information content (AvgIpc) is 3.36. The molecule has 1 unspecified atom stereocenters. The predicted octanol–water partition coefficient (Wildman–Crippen LogP) is 4.62. The van der Waals surface area contributed by atoms with Gasteiger partial charge in [-0.05, 0) is 30.7 Å². The van der Waals surface area contributed by atoms with E-state index in [1.54, 1.807) is 0 Å². The van der Waals surface area contributed by atoms with E-state index in [2.05, 4.69) is 11.7 Å². The Morgan fingerprint density at radius 2 is 1.88 bits per heavy atom. The average molecular weight is 424 g/mol. The zero-order valence-corrected chi connectivity index (χ0v) is 16.2. The van der Waals surface area contributed by atoms with Gasteiger partial charge in [-0.2, -0.15) is 0 Å². The van der Waals surface area contributed by atoms with Crippen molar-refractivity contribution in [1.29, 1.82) is 0 Å². The first-order valence-corrected chi connectivity index (χ1v) is 9.13. The van der Waals surface area contributed by atoms with Crippen LogP contribution in [-0.4, -0.2) is 29.6 Å². The molecule has 0 amide bonds. The zero-order chi connectivity index (χ0) is 19.4. The molecule has 6 nitrogen and oxygen atoms in total. The highest BCUT2D eigenvalue weighted by molar-refractivity contribution is 6.46. The van der Waals surface area contributed by atoms with E-state index in [0.717, 1.165) is 18.4 Å². The number of hydrogen-bond acceptors (Lipinski definition) is 5. The molecule has 0 radical (unpaired) electrons.